The second-order valence-corrected chi connectivity index (χ2v) is 8.93. The molecule has 1 atom stereocenters. The van der Waals surface area contributed by atoms with Crippen LogP contribution in [0.15, 0.2) is 63.9 Å². The number of hydrogen-bond donors (Lipinski definition) is 1. The van der Waals surface area contributed by atoms with E-state index in [0.717, 1.165) is 24.9 Å². The number of sulfonamides is 1. The van der Waals surface area contributed by atoms with E-state index < -0.39 is 10.0 Å². The highest BCUT2D eigenvalue weighted by atomic mass is 32.2. The summed E-state index contributed by atoms with van der Waals surface area (Å²) < 4.78 is 34.2. The van der Waals surface area contributed by atoms with Crippen molar-refractivity contribution in [2.24, 2.45) is 5.14 Å². The molecule has 0 aliphatic carbocycles. The number of hydrogen-bond acceptors (Lipinski definition) is 7. The van der Waals surface area contributed by atoms with Gasteiger partial charge in [0.15, 0.2) is 5.76 Å². The Bertz CT molecular complexity index is 1170. The molecule has 2 aromatic carbocycles. The highest BCUT2D eigenvalue weighted by Crippen LogP contribution is 2.34. The van der Waals surface area contributed by atoms with E-state index in [-0.39, 0.29) is 16.9 Å². The number of rotatable bonds is 6. The van der Waals surface area contributed by atoms with Gasteiger partial charge in [0.2, 0.25) is 15.9 Å². The van der Waals surface area contributed by atoms with Crippen LogP contribution in [-0.4, -0.2) is 44.0 Å². The highest BCUT2D eigenvalue weighted by molar-refractivity contribution is 7.89. The zero-order valence-corrected chi connectivity index (χ0v) is 17.8. The minimum absolute atomic E-state index is 0.0234. The molecular formula is C22H23N3O5S. The number of nitrogens with zero attached hydrogens (tertiary/aromatic N) is 2. The van der Waals surface area contributed by atoms with E-state index in [1.54, 1.807) is 12.1 Å². The first-order valence-corrected chi connectivity index (χ1v) is 11.4. The lowest BCUT2D eigenvalue weighted by atomic mass is 10.1. The molecule has 31 heavy (non-hydrogen) atoms. The Kier molecular flexibility index (Phi) is 5.90. The number of nitrogens with two attached hydrogens (primary N) is 1. The summed E-state index contributed by atoms with van der Waals surface area (Å²) in [7, 11) is -2.40. The van der Waals surface area contributed by atoms with Crippen LogP contribution in [0.5, 0.6) is 0 Å². The second-order valence-electron chi connectivity index (χ2n) is 7.37. The smallest absolute Gasteiger partial charge is 0.323 e. The molecular weight excluding hydrogens is 418 g/mol. The summed E-state index contributed by atoms with van der Waals surface area (Å²) in [6.07, 6.45) is 1.63. The van der Waals surface area contributed by atoms with Crippen LogP contribution in [0.3, 0.4) is 0 Å². The van der Waals surface area contributed by atoms with Gasteiger partial charge in [-0.3, -0.25) is 9.69 Å². The zero-order chi connectivity index (χ0) is 22.0. The molecule has 2 N–H and O–H groups in total. The lowest BCUT2D eigenvalue weighted by Crippen LogP contribution is -2.36. The number of aromatic nitrogens is 1. The Hall–Kier alpha value is -3.01. The van der Waals surface area contributed by atoms with Gasteiger partial charge in [0.05, 0.1) is 18.6 Å². The summed E-state index contributed by atoms with van der Waals surface area (Å²) in [6, 6.07) is 15.4. The van der Waals surface area contributed by atoms with Gasteiger partial charge in [-0.2, -0.15) is 0 Å². The van der Waals surface area contributed by atoms with Crippen LogP contribution >= 0.6 is 0 Å². The van der Waals surface area contributed by atoms with Gasteiger partial charge in [-0.05, 0) is 43.7 Å². The molecule has 3 aromatic rings. The highest BCUT2D eigenvalue weighted by Gasteiger charge is 2.32. The van der Waals surface area contributed by atoms with Crippen LogP contribution in [0.2, 0.25) is 0 Å². The first-order valence-electron chi connectivity index (χ1n) is 9.87. The molecule has 1 saturated heterocycles. The number of esters is 1. The number of likely N-dealkylation sites (tertiary alicyclic amines) is 1. The maximum atomic E-state index is 12.1. The monoisotopic (exact) mass is 441 g/mol. The fourth-order valence-electron chi connectivity index (χ4n) is 3.81. The van der Waals surface area contributed by atoms with E-state index in [1.165, 1.54) is 19.2 Å². The fourth-order valence-corrected chi connectivity index (χ4v) is 4.32. The molecule has 1 fully saturated rings. The molecule has 0 saturated carbocycles. The number of carbonyl (C=O) groups is 1. The molecule has 1 unspecified atom stereocenters. The van der Waals surface area contributed by atoms with Crippen molar-refractivity contribution in [2.45, 2.75) is 30.3 Å². The third-order valence-electron chi connectivity index (χ3n) is 5.34. The fraction of sp³-hybridized carbons (Fsp3) is 0.273. The molecule has 4 rings (SSSR count). The van der Waals surface area contributed by atoms with E-state index in [1.807, 2.05) is 35.2 Å². The summed E-state index contributed by atoms with van der Waals surface area (Å²) in [5.74, 6) is 0.738. The first kappa shape index (κ1) is 21.2. The molecule has 2 heterocycles. The molecule has 0 spiro atoms. The minimum Gasteiger partial charge on any atom is -0.468 e. The Morgan fingerprint density at radius 1 is 1.16 bits per heavy atom. The minimum atomic E-state index is -3.79. The number of oxazole rings is 1. The predicted octanol–water partition coefficient (Wildman–Crippen LogP) is 2.79. The van der Waals surface area contributed by atoms with Crippen molar-refractivity contribution in [1.29, 1.82) is 0 Å². The maximum Gasteiger partial charge on any atom is 0.323 e. The molecule has 1 aromatic heterocycles. The van der Waals surface area contributed by atoms with Gasteiger partial charge in [0, 0.05) is 11.1 Å². The topological polar surface area (TPSA) is 116 Å². The summed E-state index contributed by atoms with van der Waals surface area (Å²) in [5, 5.41) is 5.20. The van der Waals surface area contributed by atoms with Crippen molar-refractivity contribution in [3.63, 3.8) is 0 Å². The van der Waals surface area contributed by atoms with Crippen LogP contribution in [0.25, 0.3) is 22.6 Å². The first-order chi connectivity index (χ1) is 14.9. The van der Waals surface area contributed by atoms with Crippen LogP contribution in [0.1, 0.15) is 18.7 Å². The average Bonchev–Trinajstić information content (AvgIpc) is 3.41. The lowest BCUT2D eigenvalue weighted by molar-refractivity contribution is -0.146. The van der Waals surface area contributed by atoms with Crippen molar-refractivity contribution >= 4 is 16.0 Å². The van der Waals surface area contributed by atoms with Gasteiger partial charge in [-0.15, -0.1) is 0 Å². The van der Waals surface area contributed by atoms with Crippen molar-refractivity contribution in [1.82, 2.24) is 9.88 Å². The SMILES string of the molecule is COC(=O)C1CCCN1Cc1nc(-c2ccccc2)c(-c2ccc(S(N)(=O)=O)cc2)o1. The maximum absolute atomic E-state index is 12.1. The van der Waals surface area contributed by atoms with E-state index in [9.17, 15) is 13.2 Å². The van der Waals surface area contributed by atoms with Crippen molar-refractivity contribution < 1.29 is 22.4 Å². The molecule has 1 aliphatic heterocycles. The Labute approximate surface area is 180 Å². The predicted molar refractivity (Wildman–Crippen MR) is 114 cm³/mol. The number of primary sulfonamides is 1. The normalized spacial score (nSPS) is 17.0. The summed E-state index contributed by atoms with van der Waals surface area (Å²) in [5.41, 5.74) is 2.19. The third kappa shape index (κ3) is 4.53. The van der Waals surface area contributed by atoms with Crippen LogP contribution in [0, 0.1) is 0 Å². The van der Waals surface area contributed by atoms with Gasteiger partial charge in [-0.25, -0.2) is 18.5 Å². The van der Waals surface area contributed by atoms with Crippen molar-refractivity contribution in [2.75, 3.05) is 13.7 Å². The third-order valence-corrected chi connectivity index (χ3v) is 6.27. The molecule has 0 amide bonds. The largest absolute Gasteiger partial charge is 0.468 e. The number of methoxy groups -OCH3 is 1. The van der Waals surface area contributed by atoms with Gasteiger partial charge < -0.3 is 9.15 Å². The van der Waals surface area contributed by atoms with Gasteiger partial charge in [0.25, 0.3) is 0 Å². The second kappa shape index (κ2) is 8.62. The van der Waals surface area contributed by atoms with E-state index in [0.29, 0.717) is 29.5 Å². The van der Waals surface area contributed by atoms with Gasteiger partial charge in [-0.1, -0.05) is 30.3 Å². The van der Waals surface area contributed by atoms with Crippen LogP contribution in [0.4, 0.5) is 0 Å². The number of benzene rings is 2. The standard InChI is InChI=1S/C22H23N3O5S/c1-29-22(26)18-8-5-13-25(18)14-19-24-20(15-6-3-2-4-7-15)21(30-19)16-9-11-17(12-10-16)31(23,27)28/h2-4,6-7,9-12,18H,5,8,13-14H2,1H3,(H2,23,27,28). The summed E-state index contributed by atoms with van der Waals surface area (Å²) in [4.78, 5) is 18.8. The molecule has 1 aliphatic rings. The van der Waals surface area contributed by atoms with E-state index in [4.69, 9.17) is 19.3 Å². The lowest BCUT2D eigenvalue weighted by Gasteiger charge is -2.20. The molecule has 162 valence electrons. The van der Waals surface area contributed by atoms with E-state index in [2.05, 4.69) is 0 Å². The van der Waals surface area contributed by atoms with Gasteiger partial charge >= 0.3 is 5.97 Å². The molecule has 0 bridgehead atoms. The molecule has 9 heteroatoms. The molecule has 8 nitrogen and oxygen atoms in total. The van der Waals surface area contributed by atoms with Crippen LogP contribution in [-0.2, 0) is 26.1 Å². The van der Waals surface area contributed by atoms with Crippen molar-refractivity contribution in [3.05, 3.63) is 60.5 Å². The van der Waals surface area contributed by atoms with E-state index >= 15 is 0 Å². The van der Waals surface area contributed by atoms with Crippen LogP contribution < -0.4 is 5.14 Å². The Morgan fingerprint density at radius 2 is 1.87 bits per heavy atom. The Morgan fingerprint density at radius 3 is 2.52 bits per heavy atom. The quantitative estimate of drug-likeness (QED) is 0.585. The summed E-state index contributed by atoms with van der Waals surface area (Å²) in [6.45, 7) is 1.12. The zero-order valence-electron chi connectivity index (χ0n) is 17.0. The summed E-state index contributed by atoms with van der Waals surface area (Å²) >= 11 is 0. The number of carbonyl (C=O) groups excluding carboxylic acids is 1. The number of ether oxygens (including phenoxy) is 1. The Balaban J connectivity index is 1.71. The van der Waals surface area contributed by atoms with Crippen molar-refractivity contribution in [3.8, 4) is 22.6 Å². The van der Waals surface area contributed by atoms with Gasteiger partial charge in [0.1, 0.15) is 11.7 Å². The average molecular weight is 442 g/mol. The molecule has 0 radical (unpaired) electrons.